The molecule has 0 amide bonds. The zero-order valence-electron chi connectivity index (χ0n) is 18.1. The first-order chi connectivity index (χ1) is 14.1. The van der Waals surface area contributed by atoms with Gasteiger partial charge in [-0.3, -0.25) is 9.89 Å². The molecule has 0 aliphatic carbocycles. The molecular weight excluding hydrogens is 366 g/mol. The first-order valence-electron chi connectivity index (χ1n) is 10.4. The maximum absolute atomic E-state index is 5.43. The van der Waals surface area contributed by atoms with Gasteiger partial charge < -0.3 is 19.5 Å². The first-order valence-corrected chi connectivity index (χ1v) is 10.4. The fraction of sp³-hybridized carbons (Fsp3) is 0.545. The van der Waals surface area contributed by atoms with E-state index in [9.17, 15) is 0 Å². The molecule has 0 bridgehead atoms. The van der Waals surface area contributed by atoms with E-state index >= 15 is 0 Å². The van der Waals surface area contributed by atoms with Crippen molar-refractivity contribution < 1.29 is 9.26 Å². The lowest BCUT2D eigenvalue weighted by Crippen LogP contribution is -2.52. The van der Waals surface area contributed by atoms with Gasteiger partial charge >= 0.3 is 0 Å². The molecule has 0 saturated carbocycles. The summed E-state index contributed by atoms with van der Waals surface area (Å²) in [6.07, 6.45) is 0.900. The van der Waals surface area contributed by atoms with E-state index < -0.39 is 0 Å². The molecule has 1 N–H and O–H groups in total. The number of hydrogen-bond acceptors (Lipinski definition) is 5. The Bertz CT molecular complexity index is 809. The summed E-state index contributed by atoms with van der Waals surface area (Å²) in [5.41, 5.74) is 3.41. The highest BCUT2D eigenvalue weighted by Gasteiger charge is 2.20. The van der Waals surface area contributed by atoms with Gasteiger partial charge in [-0.15, -0.1) is 0 Å². The summed E-state index contributed by atoms with van der Waals surface area (Å²) in [6, 6.07) is 8.39. The minimum atomic E-state index is 0.757. The van der Waals surface area contributed by atoms with Gasteiger partial charge in [0.15, 0.2) is 5.96 Å². The van der Waals surface area contributed by atoms with Crippen molar-refractivity contribution in [3.05, 3.63) is 46.8 Å². The minimum Gasteiger partial charge on any atom is -0.496 e. The number of aliphatic imine (C=N–C) groups is 1. The van der Waals surface area contributed by atoms with Crippen LogP contribution in [-0.2, 0) is 13.0 Å². The molecule has 1 aliphatic heterocycles. The third kappa shape index (κ3) is 5.97. The maximum Gasteiger partial charge on any atom is 0.194 e. The predicted molar refractivity (Wildman–Crippen MR) is 116 cm³/mol. The number of methoxy groups -OCH3 is 1. The first kappa shape index (κ1) is 21.2. The van der Waals surface area contributed by atoms with Gasteiger partial charge in [0, 0.05) is 51.9 Å². The van der Waals surface area contributed by atoms with E-state index in [1.165, 1.54) is 5.56 Å². The standard InChI is InChI=1S/C22H33N5O2/c1-5-23-22(24-9-8-19-7-6-17(2)21(15-19)28-4)27-12-10-26(11-13-27)16-20-14-18(3)29-25-20/h6-7,14-15H,5,8-13,16H2,1-4H3,(H,23,24). The van der Waals surface area contributed by atoms with Crippen molar-refractivity contribution >= 4 is 5.96 Å². The zero-order chi connectivity index (χ0) is 20.6. The van der Waals surface area contributed by atoms with Crippen molar-refractivity contribution in [2.24, 2.45) is 4.99 Å². The molecule has 0 radical (unpaired) electrons. The third-order valence-corrected chi connectivity index (χ3v) is 5.20. The Morgan fingerprint density at radius 3 is 2.66 bits per heavy atom. The topological polar surface area (TPSA) is 66.1 Å². The Kier molecular flexibility index (Phi) is 7.52. The molecule has 2 aromatic rings. The van der Waals surface area contributed by atoms with E-state index in [0.29, 0.717) is 0 Å². The molecule has 1 saturated heterocycles. The smallest absolute Gasteiger partial charge is 0.194 e. The van der Waals surface area contributed by atoms with Gasteiger partial charge in [0.25, 0.3) is 0 Å². The lowest BCUT2D eigenvalue weighted by molar-refractivity contribution is 0.169. The van der Waals surface area contributed by atoms with Crippen molar-refractivity contribution in [2.45, 2.75) is 33.7 Å². The van der Waals surface area contributed by atoms with Gasteiger partial charge in [0.1, 0.15) is 11.5 Å². The van der Waals surface area contributed by atoms with Crippen LogP contribution >= 0.6 is 0 Å². The summed E-state index contributed by atoms with van der Waals surface area (Å²) in [5, 5.41) is 7.55. The van der Waals surface area contributed by atoms with Crippen LogP contribution in [0, 0.1) is 13.8 Å². The predicted octanol–water partition coefficient (Wildman–Crippen LogP) is 2.63. The highest BCUT2D eigenvalue weighted by atomic mass is 16.5. The van der Waals surface area contributed by atoms with Crippen LogP contribution in [0.5, 0.6) is 5.75 Å². The van der Waals surface area contributed by atoms with Crippen molar-refractivity contribution in [3.63, 3.8) is 0 Å². The molecule has 29 heavy (non-hydrogen) atoms. The summed E-state index contributed by atoms with van der Waals surface area (Å²) >= 11 is 0. The van der Waals surface area contributed by atoms with Crippen molar-refractivity contribution in [2.75, 3.05) is 46.4 Å². The molecule has 1 aromatic heterocycles. The Labute approximate surface area is 173 Å². The van der Waals surface area contributed by atoms with Crippen LogP contribution in [0.4, 0.5) is 0 Å². The second-order valence-corrected chi connectivity index (χ2v) is 7.48. The van der Waals surface area contributed by atoms with Crippen LogP contribution in [0.2, 0.25) is 0 Å². The summed E-state index contributed by atoms with van der Waals surface area (Å²) in [7, 11) is 1.72. The molecule has 7 nitrogen and oxygen atoms in total. The van der Waals surface area contributed by atoms with E-state index in [1.54, 1.807) is 7.11 Å². The normalized spacial score (nSPS) is 15.6. The quantitative estimate of drug-likeness (QED) is 0.570. The number of ether oxygens (including phenoxy) is 1. The van der Waals surface area contributed by atoms with E-state index in [2.05, 4.69) is 52.3 Å². The summed E-state index contributed by atoms with van der Waals surface area (Å²) in [6.45, 7) is 12.5. The van der Waals surface area contributed by atoms with Gasteiger partial charge in [0.2, 0.25) is 0 Å². The average Bonchev–Trinajstić information content (AvgIpc) is 3.14. The minimum absolute atomic E-state index is 0.757. The molecule has 1 aliphatic rings. The average molecular weight is 400 g/mol. The second kappa shape index (κ2) is 10.3. The Balaban J connectivity index is 1.52. The van der Waals surface area contributed by atoms with Crippen molar-refractivity contribution in [1.82, 2.24) is 20.3 Å². The van der Waals surface area contributed by atoms with E-state index in [0.717, 1.165) is 81.0 Å². The van der Waals surface area contributed by atoms with Crippen LogP contribution in [-0.4, -0.2) is 67.3 Å². The van der Waals surface area contributed by atoms with Gasteiger partial charge in [0.05, 0.1) is 12.8 Å². The molecule has 7 heteroatoms. The number of nitrogens with zero attached hydrogens (tertiary/aromatic N) is 4. The highest BCUT2D eigenvalue weighted by Crippen LogP contribution is 2.19. The number of benzene rings is 1. The van der Waals surface area contributed by atoms with Gasteiger partial charge in [-0.1, -0.05) is 17.3 Å². The molecule has 2 heterocycles. The fourth-order valence-electron chi connectivity index (χ4n) is 3.58. The van der Waals surface area contributed by atoms with E-state index in [-0.39, 0.29) is 0 Å². The van der Waals surface area contributed by atoms with Crippen LogP contribution in [0.1, 0.15) is 29.5 Å². The third-order valence-electron chi connectivity index (χ3n) is 5.20. The van der Waals surface area contributed by atoms with Crippen molar-refractivity contribution in [3.8, 4) is 5.75 Å². The largest absolute Gasteiger partial charge is 0.496 e. The summed E-state index contributed by atoms with van der Waals surface area (Å²) < 4.78 is 10.6. The molecule has 0 unspecified atom stereocenters. The van der Waals surface area contributed by atoms with Gasteiger partial charge in [-0.05, 0) is 44.4 Å². The molecule has 0 atom stereocenters. The van der Waals surface area contributed by atoms with E-state index in [4.69, 9.17) is 14.3 Å². The van der Waals surface area contributed by atoms with Crippen LogP contribution in [0.25, 0.3) is 0 Å². The molecule has 3 rings (SSSR count). The van der Waals surface area contributed by atoms with Crippen LogP contribution in [0.15, 0.2) is 33.8 Å². The molecule has 1 fully saturated rings. The number of aryl methyl sites for hydroxylation is 2. The monoisotopic (exact) mass is 399 g/mol. The highest BCUT2D eigenvalue weighted by molar-refractivity contribution is 5.80. The Morgan fingerprint density at radius 2 is 2.00 bits per heavy atom. The number of guanidine groups is 1. The van der Waals surface area contributed by atoms with Gasteiger partial charge in [-0.2, -0.15) is 0 Å². The molecule has 158 valence electrons. The fourth-order valence-corrected chi connectivity index (χ4v) is 3.58. The summed E-state index contributed by atoms with van der Waals surface area (Å²) in [4.78, 5) is 9.63. The van der Waals surface area contributed by atoms with E-state index in [1.807, 2.05) is 13.0 Å². The number of rotatable bonds is 7. The molecule has 1 aromatic carbocycles. The molecular formula is C22H33N5O2. The van der Waals surface area contributed by atoms with Crippen LogP contribution in [0.3, 0.4) is 0 Å². The van der Waals surface area contributed by atoms with Gasteiger partial charge in [-0.25, -0.2) is 0 Å². The zero-order valence-corrected chi connectivity index (χ0v) is 18.1. The number of hydrogen-bond donors (Lipinski definition) is 1. The number of nitrogens with one attached hydrogen (secondary N) is 1. The summed E-state index contributed by atoms with van der Waals surface area (Å²) in [5.74, 6) is 2.81. The Hall–Kier alpha value is -2.54. The number of aromatic nitrogens is 1. The van der Waals surface area contributed by atoms with Crippen molar-refractivity contribution in [1.29, 1.82) is 0 Å². The van der Waals surface area contributed by atoms with Crippen LogP contribution < -0.4 is 10.1 Å². The lowest BCUT2D eigenvalue weighted by atomic mass is 10.1. The second-order valence-electron chi connectivity index (χ2n) is 7.48. The molecule has 0 spiro atoms. The Morgan fingerprint density at radius 1 is 1.21 bits per heavy atom. The maximum atomic E-state index is 5.43. The lowest BCUT2D eigenvalue weighted by Gasteiger charge is -2.36. The SMILES string of the molecule is CCNC(=NCCc1ccc(C)c(OC)c1)N1CCN(Cc2cc(C)on2)CC1. The number of piperazine rings is 1.